The minimum Gasteiger partial charge on any atom is -0.491 e. The van der Waals surface area contributed by atoms with E-state index in [1.54, 1.807) is 0 Å². The summed E-state index contributed by atoms with van der Waals surface area (Å²) >= 11 is 0. The second-order valence-corrected chi connectivity index (χ2v) is 5.99. The van der Waals surface area contributed by atoms with Crippen LogP contribution in [0.15, 0.2) is 30.3 Å². The molecule has 1 aromatic carbocycles. The molecule has 0 aliphatic heterocycles. The number of aryl methyl sites for hydroxylation is 1. The second-order valence-electron chi connectivity index (χ2n) is 5.99. The number of nitrogens with zero attached hydrogens (tertiary/aromatic N) is 2. The van der Waals surface area contributed by atoms with Crippen LogP contribution in [0, 0.1) is 6.92 Å². The van der Waals surface area contributed by atoms with Crippen LogP contribution in [0.2, 0.25) is 0 Å². The highest BCUT2D eigenvalue weighted by molar-refractivity contribution is 5.58. The zero-order chi connectivity index (χ0) is 16.8. The predicted octanol–water partition coefficient (Wildman–Crippen LogP) is 4.53. The van der Waals surface area contributed by atoms with E-state index in [4.69, 9.17) is 4.74 Å². The van der Waals surface area contributed by atoms with Crippen LogP contribution in [0.4, 0.5) is 17.5 Å². The standard InChI is InChI=1S/C18H26N4O/c1-6-13(4)19-18-20-14(5)11-17(22-18)21-15-7-9-16(10-8-15)23-12(2)3/h7-13H,6H2,1-5H3,(H2,19,20,21,22). The molecule has 0 spiro atoms. The molecule has 1 aromatic heterocycles. The van der Waals surface area contributed by atoms with Crippen LogP contribution in [0.3, 0.4) is 0 Å². The molecule has 124 valence electrons. The monoisotopic (exact) mass is 314 g/mol. The quantitative estimate of drug-likeness (QED) is 0.786. The summed E-state index contributed by atoms with van der Waals surface area (Å²) in [4.78, 5) is 8.95. The van der Waals surface area contributed by atoms with Crippen LogP contribution in [0.25, 0.3) is 0 Å². The predicted molar refractivity (Wildman–Crippen MR) is 95.6 cm³/mol. The summed E-state index contributed by atoms with van der Waals surface area (Å²) in [5.41, 5.74) is 1.89. The molecule has 2 aromatic rings. The smallest absolute Gasteiger partial charge is 0.225 e. The average Bonchev–Trinajstić information content (AvgIpc) is 2.48. The topological polar surface area (TPSA) is 59.1 Å². The molecular weight excluding hydrogens is 288 g/mol. The molecule has 0 amide bonds. The van der Waals surface area contributed by atoms with E-state index in [2.05, 4.69) is 34.4 Å². The van der Waals surface area contributed by atoms with Gasteiger partial charge in [0.1, 0.15) is 11.6 Å². The van der Waals surface area contributed by atoms with Crippen molar-refractivity contribution < 1.29 is 4.74 Å². The van der Waals surface area contributed by atoms with Gasteiger partial charge in [-0.1, -0.05) is 6.92 Å². The minimum absolute atomic E-state index is 0.174. The number of hydrogen-bond acceptors (Lipinski definition) is 5. The minimum atomic E-state index is 0.174. The number of nitrogens with one attached hydrogen (secondary N) is 2. The van der Waals surface area contributed by atoms with Crippen molar-refractivity contribution in [2.45, 2.75) is 53.2 Å². The molecule has 5 heteroatoms. The fourth-order valence-corrected chi connectivity index (χ4v) is 2.06. The molecule has 2 N–H and O–H groups in total. The number of hydrogen-bond donors (Lipinski definition) is 2. The molecule has 0 saturated carbocycles. The van der Waals surface area contributed by atoms with Crippen LogP contribution in [-0.4, -0.2) is 22.1 Å². The molecule has 1 heterocycles. The largest absolute Gasteiger partial charge is 0.491 e. The molecule has 5 nitrogen and oxygen atoms in total. The maximum absolute atomic E-state index is 5.65. The molecule has 0 fully saturated rings. The lowest BCUT2D eigenvalue weighted by Gasteiger charge is -2.14. The normalized spacial score (nSPS) is 12.1. The van der Waals surface area contributed by atoms with Gasteiger partial charge in [-0.25, -0.2) is 4.98 Å². The summed E-state index contributed by atoms with van der Waals surface area (Å²) in [7, 11) is 0. The molecule has 1 unspecified atom stereocenters. The first-order valence-corrected chi connectivity index (χ1v) is 8.12. The Morgan fingerprint density at radius 1 is 1.09 bits per heavy atom. The summed E-state index contributed by atoms with van der Waals surface area (Å²) in [5, 5.41) is 6.62. The maximum Gasteiger partial charge on any atom is 0.225 e. The fourth-order valence-electron chi connectivity index (χ4n) is 2.06. The Balaban J connectivity index is 2.10. The number of aromatic nitrogens is 2. The fraction of sp³-hybridized carbons (Fsp3) is 0.444. The van der Waals surface area contributed by atoms with Crippen molar-refractivity contribution in [3.8, 4) is 5.75 Å². The highest BCUT2D eigenvalue weighted by Gasteiger charge is 2.06. The van der Waals surface area contributed by atoms with Gasteiger partial charge in [0.05, 0.1) is 6.10 Å². The van der Waals surface area contributed by atoms with E-state index in [9.17, 15) is 0 Å². The van der Waals surface area contributed by atoms with Gasteiger partial charge < -0.3 is 15.4 Å². The van der Waals surface area contributed by atoms with Crippen LogP contribution in [0.1, 0.15) is 39.8 Å². The lowest BCUT2D eigenvalue weighted by Crippen LogP contribution is -2.16. The van der Waals surface area contributed by atoms with Gasteiger partial charge in [0, 0.05) is 23.5 Å². The average molecular weight is 314 g/mol. The van der Waals surface area contributed by atoms with E-state index < -0.39 is 0 Å². The highest BCUT2D eigenvalue weighted by Crippen LogP contribution is 2.21. The van der Waals surface area contributed by atoms with Crippen molar-refractivity contribution in [1.29, 1.82) is 0 Å². The van der Waals surface area contributed by atoms with E-state index in [1.807, 2.05) is 51.1 Å². The summed E-state index contributed by atoms with van der Waals surface area (Å²) in [6.45, 7) is 10.2. The Morgan fingerprint density at radius 2 is 1.78 bits per heavy atom. The Labute approximate surface area is 138 Å². The molecule has 2 rings (SSSR count). The Kier molecular flexibility index (Phi) is 5.79. The molecule has 0 saturated heterocycles. The van der Waals surface area contributed by atoms with Gasteiger partial charge in [0.15, 0.2) is 0 Å². The maximum atomic E-state index is 5.65. The molecule has 1 atom stereocenters. The van der Waals surface area contributed by atoms with Crippen LogP contribution in [-0.2, 0) is 0 Å². The van der Waals surface area contributed by atoms with Gasteiger partial charge in [0.2, 0.25) is 5.95 Å². The Hall–Kier alpha value is -2.30. The lowest BCUT2D eigenvalue weighted by molar-refractivity contribution is 0.242. The van der Waals surface area contributed by atoms with Gasteiger partial charge in [-0.05, 0) is 58.4 Å². The Bertz CT molecular complexity index is 625. The molecule has 0 aliphatic carbocycles. The second kappa shape index (κ2) is 7.81. The molecule has 23 heavy (non-hydrogen) atoms. The van der Waals surface area contributed by atoms with Crippen molar-refractivity contribution in [2.24, 2.45) is 0 Å². The molecule has 0 bridgehead atoms. The first-order valence-electron chi connectivity index (χ1n) is 8.12. The Morgan fingerprint density at radius 3 is 2.39 bits per heavy atom. The van der Waals surface area contributed by atoms with Gasteiger partial charge in [-0.15, -0.1) is 0 Å². The van der Waals surface area contributed by atoms with E-state index >= 15 is 0 Å². The third-order valence-electron chi connectivity index (χ3n) is 3.34. The van der Waals surface area contributed by atoms with Gasteiger partial charge in [-0.2, -0.15) is 4.98 Å². The van der Waals surface area contributed by atoms with Crippen molar-refractivity contribution >= 4 is 17.5 Å². The molecule has 0 radical (unpaired) electrons. The van der Waals surface area contributed by atoms with Crippen LogP contribution >= 0.6 is 0 Å². The summed E-state index contributed by atoms with van der Waals surface area (Å²) < 4.78 is 5.65. The highest BCUT2D eigenvalue weighted by atomic mass is 16.5. The van der Waals surface area contributed by atoms with Crippen molar-refractivity contribution in [3.05, 3.63) is 36.0 Å². The van der Waals surface area contributed by atoms with Crippen molar-refractivity contribution in [3.63, 3.8) is 0 Å². The number of rotatable bonds is 7. The van der Waals surface area contributed by atoms with Gasteiger partial charge in [0.25, 0.3) is 0 Å². The molecule has 0 aliphatic rings. The lowest BCUT2D eigenvalue weighted by atomic mass is 10.3. The van der Waals surface area contributed by atoms with E-state index in [0.29, 0.717) is 12.0 Å². The van der Waals surface area contributed by atoms with E-state index in [-0.39, 0.29) is 6.10 Å². The van der Waals surface area contributed by atoms with Crippen LogP contribution < -0.4 is 15.4 Å². The first-order chi connectivity index (χ1) is 11.0. The van der Waals surface area contributed by atoms with Crippen molar-refractivity contribution in [1.82, 2.24) is 9.97 Å². The number of anilines is 3. The number of ether oxygens (including phenoxy) is 1. The molecular formula is C18H26N4O. The third kappa shape index (κ3) is 5.43. The van der Waals surface area contributed by atoms with Crippen molar-refractivity contribution in [2.75, 3.05) is 10.6 Å². The zero-order valence-electron chi connectivity index (χ0n) is 14.6. The van der Waals surface area contributed by atoms with E-state index in [1.165, 1.54) is 0 Å². The van der Waals surface area contributed by atoms with Gasteiger partial charge >= 0.3 is 0 Å². The first kappa shape index (κ1) is 17.1. The van der Waals surface area contributed by atoms with Crippen LogP contribution in [0.5, 0.6) is 5.75 Å². The number of benzene rings is 1. The SMILES string of the molecule is CCC(C)Nc1nc(C)cc(Nc2ccc(OC(C)C)cc2)n1. The van der Waals surface area contributed by atoms with E-state index in [0.717, 1.165) is 29.4 Å². The summed E-state index contributed by atoms with van der Waals surface area (Å²) in [6, 6.07) is 10.1. The van der Waals surface area contributed by atoms with Gasteiger partial charge in [-0.3, -0.25) is 0 Å². The summed E-state index contributed by atoms with van der Waals surface area (Å²) in [5.74, 6) is 2.30. The third-order valence-corrected chi connectivity index (χ3v) is 3.34. The zero-order valence-corrected chi connectivity index (χ0v) is 14.6. The summed E-state index contributed by atoms with van der Waals surface area (Å²) in [6.07, 6.45) is 1.20.